The third kappa shape index (κ3) is 3.50. The number of aromatic nitrogens is 3. The van der Waals surface area contributed by atoms with Crippen LogP contribution in [0.25, 0.3) is 11.4 Å². The van der Waals surface area contributed by atoms with Crippen LogP contribution in [0.5, 0.6) is 5.75 Å². The summed E-state index contributed by atoms with van der Waals surface area (Å²) in [4.78, 5) is 12.9. The monoisotopic (exact) mass is 379 g/mol. The number of carbonyl (C=O) groups excluding carboxylic acids is 1. The Bertz CT molecular complexity index is 845. The number of aliphatic hydroxyl groups excluding tert-OH is 1. The predicted octanol–water partition coefficient (Wildman–Crippen LogP) is -0.225. The fourth-order valence-corrected chi connectivity index (χ4v) is 3.51. The summed E-state index contributed by atoms with van der Waals surface area (Å²) in [5.41, 5.74) is 0.916. The Balaban J connectivity index is 1.87. The molecule has 2 aromatic rings. The lowest BCUT2D eigenvalue weighted by Crippen LogP contribution is -3.14. The number of esters is 1. The summed E-state index contributed by atoms with van der Waals surface area (Å²) in [7, 11) is 4.84. The van der Waals surface area contributed by atoms with E-state index in [1.165, 1.54) is 7.11 Å². The molecule has 1 unspecified atom stereocenters. The minimum Gasteiger partial charge on any atom is -0.497 e. The first kappa shape index (κ1) is 18.6. The molecule has 8 nitrogen and oxygen atoms in total. The van der Waals surface area contributed by atoms with Crippen LogP contribution in [-0.4, -0.2) is 58.3 Å². The van der Waals surface area contributed by atoms with Crippen LogP contribution < -0.4 is 9.64 Å². The van der Waals surface area contributed by atoms with E-state index in [1.807, 2.05) is 35.9 Å². The quantitative estimate of drug-likeness (QED) is 0.552. The van der Waals surface area contributed by atoms with E-state index < -0.39 is 12.1 Å². The average molecular weight is 379 g/mol. The molecule has 0 saturated carbocycles. The SMILES string of the molecule is COC(=O)[C@@H]1C[C@@H](O)C[NH+]1Cn1nc(-c2ccc(OC)cc2)n(C)c1=S. The first-order chi connectivity index (χ1) is 12.4. The van der Waals surface area contributed by atoms with Crippen molar-refractivity contribution >= 4 is 18.2 Å². The molecule has 2 N–H and O–H groups in total. The van der Waals surface area contributed by atoms with Gasteiger partial charge in [0.1, 0.15) is 18.4 Å². The van der Waals surface area contributed by atoms with Crippen molar-refractivity contribution in [2.75, 3.05) is 20.8 Å². The zero-order chi connectivity index (χ0) is 18.8. The number of ether oxygens (including phenoxy) is 2. The molecule has 0 bridgehead atoms. The van der Waals surface area contributed by atoms with Crippen LogP contribution in [0.1, 0.15) is 6.42 Å². The summed E-state index contributed by atoms with van der Waals surface area (Å²) in [6.45, 7) is 0.843. The molecule has 3 rings (SSSR count). The van der Waals surface area contributed by atoms with Gasteiger partial charge in [-0.2, -0.15) is 4.68 Å². The molecule has 0 radical (unpaired) electrons. The van der Waals surface area contributed by atoms with E-state index in [1.54, 1.807) is 11.8 Å². The summed E-state index contributed by atoms with van der Waals surface area (Å²) in [5, 5.41) is 14.6. The summed E-state index contributed by atoms with van der Waals surface area (Å²) >= 11 is 5.51. The number of likely N-dealkylation sites (tertiary alicyclic amines) is 1. The van der Waals surface area contributed by atoms with E-state index in [9.17, 15) is 9.90 Å². The van der Waals surface area contributed by atoms with Crippen molar-refractivity contribution in [2.45, 2.75) is 25.2 Å². The number of nitrogens with zero attached hydrogens (tertiary/aromatic N) is 3. The second kappa shape index (κ2) is 7.56. The third-order valence-electron chi connectivity index (χ3n) is 4.73. The van der Waals surface area contributed by atoms with Crippen molar-refractivity contribution in [2.24, 2.45) is 7.05 Å². The van der Waals surface area contributed by atoms with Gasteiger partial charge in [0.15, 0.2) is 18.5 Å². The molecular formula is C17H23N4O4S+. The highest BCUT2D eigenvalue weighted by Gasteiger charge is 2.41. The van der Waals surface area contributed by atoms with Crippen molar-refractivity contribution < 1.29 is 24.3 Å². The predicted molar refractivity (Wildman–Crippen MR) is 96.3 cm³/mol. The van der Waals surface area contributed by atoms with Crippen LogP contribution in [0.4, 0.5) is 0 Å². The van der Waals surface area contributed by atoms with Crippen LogP contribution in [0, 0.1) is 4.77 Å². The highest BCUT2D eigenvalue weighted by Crippen LogP contribution is 2.20. The molecule has 0 spiro atoms. The summed E-state index contributed by atoms with van der Waals surface area (Å²) in [6.07, 6.45) is -0.152. The molecule has 26 heavy (non-hydrogen) atoms. The number of aliphatic hydroxyl groups is 1. The molecule has 1 saturated heterocycles. The maximum Gasteiger partial charge on any atom is 0.364 e. The molecule has 3 atom stereocenters. The molecule has 140 valence electrons. The van der Waals surface area contributed by atoms with E-state index in [0.29, 0.717) is 24.4 Å². The number of hydrogen-bond donors (Lipinski definition) is 2. The maximum absolute atomic E-state index is 12.0. The van der Waals surface area contributed by atoms with Gasteiger partial charge in [0.2, 0.25) is 4.77 Å². The lowest BCUT2D eigenvalue weighted by molar-refractivity contribution is -0.928. The first-order valence-corrected chi connectivity index (χ1v) is 8.74. The smallest absolute Gasteiger partial charge is 0.364 e. The first-order valence-electron chi connectivity index (χ1n) is 8.33. The van der Waals surface area contributed by atoms with Gasteiger partial charge in [-0.15, -0.1) is 5.10 Å². The van der Waals surface area contributed by atoms with E-state index in [-0.39, 0.29) is 5.97 Å². The molecule has 1 aromatic carbocycles. The zero-order valence-electron chi connectivity index (χ0n) is 15.0. The molecule has 1 aromatic heterocycles. The summed E-state index contributed by atoms with van der Waals surface area (Å²) in [6, 6.07) is 7.16. The van der Waals surface area contributed by atoms with E-state index >= 15 is 0 Å². The van der Waals surface area contributed by atoms with Gasteiger partial charge in [-0.05, 0) is 36.5 Å². The van der Waals surface area contributed by atoms with Gasteiger partial charge in [0.25, 0.3) is 0 Å². The van der Waals surface area contributed by atoms with Gasteiger partial charge in [-0.1, -0.05) is 0 Å². The molecule has 2 heterocycles. The Hall–Kier alpha value is -2.23. The van der Waals surface area contributed by atoms with Crippen LogP contribution in [0.15, 0.2) is 24.3 Å². The average Bonchev–Trinajstić information content (AvgIpc) is 3.16. The maximum atomic E-state index is 12.0. The summed E-state index contributed by atoms with van der Waals surface area (Å²) < 4.78 is 14.1. The number of quaternary nitrogens is 1. The Morgan fingerprint density at radius 3 is 2.69 bits per heavy atom. The fourth-order valence-electron chi connectivity index (χ4n) is 3.32. The van der Waals surface area contributed by atoms with Crippen molar-refractivity contribution in [3.63, 3.8) is 0 Å². The van der Waals surface area contributed by atoms with Crippen molar-refractivity contribution in [1.29, 1.82) is 0 Å². The Kier molecular flexibility index (Phi) is 5.40. The van der Waals surface area contributed by atoms with Gasteiger partial charge >= 0.3 is 5.97 Å². The number of hydrogen-bond acceptors (Lipinski definition) is 6. The van der Waals surface area contributed by atoms with E-state index in [4.69, 9.17) is 21.7 Å². The van der Waals surface area contributed by atoms with Crippen LogP contribution in [0.3, 0.4) is 0 Å². The Labute approximate surface area is 156 Å². The second-order valence-electron chi connectivity index (χ2n) is 6.38. The molecule has 9 heteroatoms. The highest BCUT2D eigenvalue weighted by atomic mass is 32.1. The third-order valence-corrected chi connectivity index (χ3v) is 5.21. The van der Waals surface area contributed by atoms with Gasteiger partial charge in [-0.25, -0.2) is 4.79 Å². The van der Waals surface area contributed by atoms with E-state index in [2.05, 4.69) is 5.10 Å². The number of carbonyl (C=O) groups is 1. The number of rotatable bonds is 5. The number of benzene rings is 1. The Morgan fingerprint density at radius 1 is 1.38 bits per heavy atom. The van der Waals surface area contributed by atoms with Crippen molar-refractivity contribution in [3.05, 3.63) is 29.0 Å². The van der Waals surface area contributed by atoms with Gasteiger partial charge in [0, 0.05) is 19.0 Å². The van der Waals surface area contributed by atoms with Crippen LogP contribution >= 0.6 is 12.2 Å². The van der Waals surface area contributed by atoms with Crippen molar-refractivity contribution in [3.8, 4) is 17.1 Å². The highest BCUT2D eigenvalue weighted by molar-refractivity contribution is 7.71. The van der Waals surface area contributed by atoms with Gasteiger partial charge in [-0.3, -0.25) is 0 Å². The molecule has 1 fully saturated rings. The minimum atomic E-state index is -0.534. The lowest BCUT2D eigenvalue weighted by atomic mass is 10.2. The Morgan fingerprint density at radius 2 is 2.08 bits per heavy atom. The minimum absolute atomic E-state index is 0.325. The van der Waals surface area contributed by atoms with Crippen LogP contribution in [-0.2, 0) is 23.2 Å². The summed E-state index contributed by atoms with van der Waals surface area (Å²) in [5.74, 6) is 1.17. The second-order valence-corrected chi connectivity index (χ2v) is 6.74. The standard InChI is InChI=1S/C17H22N4O4S/c1-19-15(11-4-6-13(24-2)7-5-11)18-21(17(19)26)10-20-9-12(22)8-14(20)16(23)25-3/h4-7,12,14,22H,8-10H2,1-3H3/p+1/t12-,14+/m1/s1. The van der Waals surface area contributed by atoms with Crippen LogP contribution in [0.2, 0.25) is 0 Å². The van der Waals surface area contributed by atoms with Gasteiger partial charge < -0.3 is 24.0 Å². The molecular weight excluding hydrogens is 356 g/mol. The molecule has 1 aliphatic rings. The largest absolute Gasteiger partial charge is 0.497 e. The normalized spacial score (nSPS) is 22.4. The van der Waals surface area contributed by atoms with Gasteiger partial charge in [0.05, 0.1) is 14.2 Å². The fraction of sp³-hybridized carbons (Fsp3) is 0.471. The lowest BCUT2D eigenvalue weighted by Gasteiger charge is -2.18. The molecule has 1 aliphatic heterocycles. The molecule has 0 amide bonds. The van der Waals surface area contributed by atoms with E-state index in [0.717, 1.165) is 22.0 Å². The van der Waals surface area contributed by atoms with Crippen molar-refractivity contribution in [1.82, 2.24) is 14.3 Å². The number of nitrogens with one attached hydrogen (secondary N) is 1. The number of methoxy groups -OCH3 is 2. The molecule has 0 aliphatic carbocycles. The zero-order valence-corrected chi connectivity index (χ0v) is 15.8. The topological polar surface area (TPSA) is 82.9 Å².